The first-order valence-electron chi connectivity index (χ1n) is 6.53. The van der Waals surface area contributed by atoms with Crippen molar-refractivity contribution in [3.63, 3.8) is 0 Å². The zero-order valence-corrected chi connectivity index (χ0v) is 10.8. The van der Waals surface area contributed by atoms with Gasteiger partial charge in [-0.25, -0.2) is 0 Å². The zero-order valence-electron chi connectivity index (χ0n) is 10.8. The summed E-state index contributed by atoms with van der Waals surface area (Å²) in [6.45, 7) is 10.2. The lowest BCUT2D eigenvalue weighted by Crippen LogP contribution is -2.27. The average molecular weight is 220 g/mol. The Labute approximate surface area is 99.0 Å². The van der Waals surface area contributed by atoms with E-state index in [0.29, 0.717) is 5.41 Å². The van der Waals surface area contributed by atoms with Crippen LogP contribution < -0.4 is 5.32 Å². The topological polar surface area (TPSA) is 17.0 Å². The van der Waals surface area contributed by atoms with Gasteiger partial charge in [0, 0.05) is 31.5 Å². The van der Waals surface area contributed by atoms with Gasteiger partial charge in [0.1, 0.15) is 0 Å². The highest BCUT2D eigenvalue weighted by Crippen LogP contribution is 2.51. The lowest BCUT2D eigenvalue weighted by atomic mass is 9.92. The van der Waals surface area contributed by atoms with E-state index >= 15 is 0 Å². The third-order valence-corrected chi connectivity index (χ3v) is 4.16. The van der Waals surface area contributed by atoms with Crippen LogP contribution in [-0.4, -0.2) is 11.1 Å². The van der Waals surface area contributed by atoms with Crippen LogP contribution in [0.3, 0.4) is 0 Å². The van der Waals surface area contributed by atoms with Gasteiger partial charge in [-0.3, -0.25) is 0 Å². The number of nitrogens with zero attached hydrogens (tertiary/aromatic N) is 1. The van der Waals surface area contributed by atoms with E-state index in [1.54, 1.807) is 0 Å². The van der Waals surface area contributed by atoms with Crippen molar-refractivity contribution < 1.29 is 0 Å². The SMILES string of the molecule is CCn1cccc1CNCC1(C(C)C)CC1. The van der Waals surface area contributed by atoms with Crippen molar-refractivity contribution in [3.8, 4) is 0 Å². The van der Waals surface area contributed by atoms with E-state index in [1.165, 1.54) is 25.1 Å². The smallest absolute Gasteiger partial charge is 0.0359 e. The summed E-state index contributed by atoms with van der Waals surface area (Å²) >= 11 is 0. The van der Waals surface area contributed by atoms with Crippen molar-refractivity contribution in [3.05, 3.63) is 24.0 Å². The predicted octanol–water partition coefficient (Wildman–Crippen LogP) is 3.03. The summed E-state index contributed by atoms with van der Waals surface area (Å²) in [4.78, 5) is 0. The fourth-order valence-electron chi connectivity index (χ4n) is 2.48. The molecule has 0 aliphatic heterocycles. The Morgan fingerprint density at radius 1 is 1.44 bits per heavy atom. The van der Waals surface area contributed by atoms with Crippen LogP contribution in [0, 0.1) is 11.3 Å². The molecular formula is C14H24N2. The highest BCUT2D eigenvalue weighted by molar-refractivity contribution is 5.07. The van der Waals surface area contributed by atoms with Gasteiger partial charge >= 0.3 is 0 Å². The maximum Gasteiger partial charge on any atom is 0.0359 e. The Kier molecular flexibility index (Phi) is 3.38. The number of aryl methyl sites for hydroxylation is 1. The summed E-state index contributed by atoms with van der Waals surface area (Å²) in [5.74, 6) is 0.818. The summed E-state index contributed by atoms with van der Waals surface area (Å²) in [6, 6.07) is 4.35. The molecule has 1 heterocycles. The van der Waals surface area contributed by atoms with E-state index in [-0.39, 0.29) is 0 Å². The average Bonchev–Trinajstić information content (AvgIpc) is 2.91. The molecule has 1 fully saturated rings. The second-order valence-corrected chi connectivity index (χ2v) is 5.41. The Morgan fingerprint density at radius 3 is 2.75 bits per heavy atom. The molecule has 1 N–H and O–H groups in total. The van der Waals surface area contributed by atoms with Gasteiger partial charge < -0.3 is 9.88 Å². The van der Waals surface area contributed by atoms with Crippen LogP contribution in [0.1, 0.15) is 39.3 Å². The second-order valence-electron chi connectivity index (χ2n) is 5.41. The van der Waals surface area contributed by atoms with Crippen LogP contribution in [0.5, 0.6) is 0 Å². The molecule has 0 saturated heterocycles. The third kappa shape index (κ3) is 2.32. The van der Waals surface area contributed by atoms with Crippen LogP contribution in [0.4, 0.5) is 0 Å². The summed E-state index contributed by atoms with van der Waals surface area (Å²) in [5, 5.41) is 3.63. The Hall–Kier alpha value is -0.760. The number of nitrogens with one attached hydrogen (secondary N) is 1. The molecule has 0 radical (unpaired) electrons. The minimum atomic E-state index is 0.615. The Bertz CT molecular complexity index is 334. The lowest BCUT2D eigenvalue weighted by Gasteiger charge is -2.20. The molecule has 90 valence electrons. The first kappa shape index (κ1) is 11.7. The number of hydrogen-bond acceptors (Lipinski definition) is 1. The fourth-order valence-corrected chi connectivity index (χ4v) is 2.48. The second kappa shape index (κ2) is 4.62. The van der Waals surface area contributed by atoms with Crippen molar-refractivity contribution in [2.75, 3.05) is 6.54 Å². The summed E-state index contributed by atoms with van der Waals surface area (Å²) < 4.78 is 2.31. The Morgan fingerprint density at radius 2 is 2.19 bits per heavy atom. The van der Waals surface area contributed by atoms with Crippen LogP contribution in [0.15, 0.2) is 18.3 Å². The molecule has 2 nitrogen and oxygen atoms in total. The van der Waals surface area contributed by atoms with E-state index in [0.717, 1.165) is 19.0 Å². The molecule has 1 aliphatic carbocycles. The van der Waals surface area contributed by atoms with E-state index in [1.807, 2.05) is 0 Å². The normalized spacial score (nSPS) is 18.0. The summed E-state index contributed by atoms with van der Waals surface area (Å²) in [6.07, 6.45) is 4.98. The van der Waals surface area contributed by atoms with Gasteiger partial charge in [0.05, 0.1) is 0 Å². The summed E-state index contributed by atoms with van der Waals surface area (Å²) in [5.41, 5.74) is 2.02. The van der Waals surface area contributed by atoms with Crippen LogP contribution in [0.25, 0.3) is 0 Å². The number of rotatable bonds is 6. The van der Waals surface area contributed by atoms with Crippen molar-refractivity contribution >= 4 is 0 Å². The van der Waals surface area contributed by atoms with Gasteiger partial charge in [0.2, 0.25) is 0 Å². The van der Waals surface area contributed by atoms with Gasteiger partial charge in [-0.15, -0.1) is 0 Å². The lowest BCUT2D eigenvalue weighted by molar-refractivity contribution is 0.336. The largest absolute Gasteiger partial charge is 0.351 e. The minimum absolute atomic E-state index is 0.615. The molecular weight excluding hydrogens is 196 g/mol. The zero-order chi connectivity index (χ0) is 11.6. The molecule has 0 spiro atoms. The molecule has 1 aromatic rings. The summed E-state index contributed by atoms with van der Waals surface area (Å²) in [7, 11) is 0. The maximum absolute atomic E-state index is 3.63. The molecule has 1 aromatic heterocycles. The molecule has 16 heavy (non-hydrogen) atoms. The van der Waals surface area contributed by atoms with Gasteiger partial charge in [-0.2, -0.15) is 0 Å². The predicted molar refractivity (Wildman–Crippen MR) is 68.3 cm³/mol. The standard InChI is InChI=1S/C14H24N2/c1-4-16-9-5-6-13(16)10-15-11-14(7-8-14)12(2)3/h5-6,9,12,15H,4,7-8,10-11H2,1-3H3. The van der Waals surface area contributed by atoms with Gasteiger partial charge in [-0.05, 0) is 43.2 Å². The Balaban J connectivity index is 1.80. The highest BCUT2D eigenvalue weighted by atomic mass is 15.0. The quantitative estimate of drug-likeness (QED) is 0.779. The van der Waals surface area contributed by atoms with Crippen LogP contribution in [-0.2, 0) is 13.1 Å². The van der Waals surface area contributed by atoms with Crippen molar-refractivity contribution in [2.45, 2.75) is 46.7 Å². The first-order chi connectivity index (χ1) is 7.68. The molecule has 0 aromatic carbocycles. The molecule has 0 atom stereocenters. The van der Waals surface area contributed by atoms with Gasteiger partial charge in [-0.1, -0.05) is 13.8 Å². The van der Waals surface area contributed by atoms with E-state index < -0.39 is 0 Å². The molecule has 1 aliphatic rings. The van der Waals surface area contributed by atoms with E-state index in [9.17, 15) is 0 Å². The maximum atomic E-state index is 3.63. The fraction of sp³-hybridized carbons (Fsp3) is 0.714. The number of hydrogen-bond donors (Lipinski definition) is 1. The van der Waals surface area contributed by atoms with Crippen molar-refractivity contribution in [1.82, 2.24) is 9.88 Å². The van der Waals surface area contributed by atoms with E-state index in [4.69, 9.17) is 0 Å². The minimum Gasteiger partial charge on any atom is -0.351 e. The molecule has 2 rings (SSSR count). The molecule has 0 unspecified atom stereocenters. The van der Waals surface area contributed by atoms with E-state index in [2.05, 4.69) is 49.0 Å². The molecule has 1 saturated carbocycles. The molecule has 2 heteroatoms. The highest BCUT2D eigenvalue weighted by Gasteiger charge is 2.44. The van der Waals surface area contributed by atoms with Crippen molar-refractivity contribution in [1.29, 1.82) is 0 Å². The molecule has 0 bridgehead atoms. The first-order valence-corrected chi connectivity index (χ1v) is 6.53. The van der Waals surface area contributed by atoms with Crippen LogP contribution in [0.2, 0.25) is 0 Å². The third-order valence-electron chi connectivity index (χ3n) is 4.16. The van der Waals surface area contributed by atoms with Gasteiger partial charge in [0.25, 0.3) is 0 Å². The number of aromatic nitrogens is 1. The van der Waals surface area contributed by atoms with Crippen LogP contribution >= 0.6 is 0 Å². The monoisotopic (exact) mass is 220 g/mol. The van der Waals surface area contributed by atoms with Crippen molar-refractivity contribution in [2.24, 2.45) is 11.3 Å². The molecule has 0 amide bonds. The van der Waals surface area contributed by atoms with Gasteiger partial charge in [0.15, 0.2) is 0 Å².